The van der Waals surface area contributed by atoms with Crippen molar-refractivity contribution >= 4 is 22.9 Å². The van der Waals surface area contributed by atoms with Crippen LogP contribution in [0, 0.1) is 0 Å². The van der Waals surface area contributed by atoms with Crippen LogP contribution in [0.25, 0.3) is 0 Å². The first-order chi connectivity index (χ1) is 7.79. The van der Waals surface area contributed by atoms with E-state index in [1.807, 2.05) is 6.20 Å². The van der Waals surface area contributed by atoms with Crippen LogP contribution in [0.15, 0.2) is 6.20 Å². The first-order valence-corrected chi connectivity index (χ1v) is 6.21. The van der Waals surface area contributed by atoms with Gasteiger partial charge in [-0.2, -0.15) is 0 Å². The van der Waals surface area contributed by atoms with Crippen molar-refractivity contribution in [2.24, 2.45) is 0 Å². The van der Waals surface area contributed by atoms with Crippen LogP contribution in [0.4, 0.5) is 5.13 Å². The largest absolute Gasteiger partial charge is 0.314 e. The number of nitrogens with one attached hydrogen (secondary N) is 2. The van der Waals surface area contributed by atoms with Gasteiger partial charge in [0, 0.05) is 43.3 Å². The maximum atomic E-state index is 10.3. The number of rotatable bonds is 4. The van der Waals surface area contributed by atoms with Gasteiger partial charge >= 0.3 is 0 Å². The fourth-order valence-electron chi connectivity index (χ4n) is 1.82. The van der Waals surface area contributed by atoms with Gasteiger partial charge in [-0.1, -0.05) is 0 Å². The minimum atomic E-state index is 0.554. The molecule has 2 rings (SSSR count). The van der Waals surface area contributed by atoms with Crippen LogP contribution in [0.5, 0.6) is 0 Å². The zero-order valence-electron chi connectivity index (χ0n) is 9.27. The first kappa shape index (κ1) is 11.5. The third kappa shape index (κ3) is 2.78. The van der Waals surface area contributed by atoms with Gasteiger partial charge in [-0.05, 0) is 6.92 Å². The average molecular weight is 240 g/mol. The van der Waals surface area contributed by atoms with Crippen LogP contribution in [-0.4, -0.2) is 42.0 Å². The number of hydrogen-bond donors (Lipinski definition) is 2. The quantitative estimate of drug-likeness (QED) is 0.753. The van der Waals surface area contributed by atoms with E-state index in [-0.39, 0.29) is 0 Å². The Labute approximate surface area is 98.9 Å². The number of anilines is 1. The van der Waals surface area contributed by atoms with Gasteiger partial charge < -0.3 is 10.6 Å². The third-order valence-electron chi connectivity index (χ3n) is 2.73. The molecule has 0 spiro atoms. The standard InChI is InChI=1S/C10H16N4OS/c1-8-4-11-2-3-14(8)6-9-5-12-10(16-9)13-7-15/h5,7-8,11H,2-4,6H2,1H3,(H,12,13,15). The lowest BCUT2D eigenvalue weighted by Gasteiger charge is -2.33. The van der Waals surface area contributed by atoms with Gasteiger partial charge in [-0.25, -0.2) is 4.98 Å². The van der Waals surface area contributed by atoms with Crippen molar-refractivity contribution in [3.63, 3.8) is 0 Å². The zero-order valence-corrected chi connectivity index (χ0v) is 10.1. The van der Waals surface area contributed by atoms with Crippen LogP contribution < -0.4 is 10.6 Å². The molecule has 0 radical (unpaired) electrons. The van der Waals surface area contributed by atoms with Crippen LogP contribution >= 0.6 is 11.3 Å². The van der Waals surface area contributed by atoms with Gasteiger partial charge in [-0.15, -0.1) is 11.3 Å². The van der Waals surface area contributed by atoms with E-state index in [1.54, 1.807) is 0 Å². The van der Waals surface area contributed by atoms with Gasteiger partial charge in [0.05, 0.1) is 0 Å². The predicted molar refractivity (Wildman–Crippen MR) is 64.5 cm³/mol. The molecule has 1 unspecified atom stereocenters. The molecule has 16 heavy (non-hydrogen) atoms. The number of carbonyl (C=O) groups is 1. The molecule has 0 aliphatic carbocycles. The summed E-state index contributed by atoms with van der Waals surface area (Å²) in [4.78, 5) is 18.0. The smallest absolute Gasteiger partial charge is 0.213 e. The number of nitrogens with zero attached hydrogens (tertiary/aromatic N) is 2. The van der Waals surface area contributed by atoms with E-state index in [4.69, 9.17) is 0 Å². The Morgan fingerprint density at radius 1 is 1.81 bits per heavy atom. The van der Waals surface area contributed by atoms with E-state index in [0.29, 0.717) is 17.6 Å². The molecule has 1 aliphatic heterocycles. The summed E-state index contributed by atoms with van der Waals surface area (Å²) in [6.45, 7) is 6.29. The molecule has 2 N–H and O–H groups in total. The van der Waals surface area contributed by atoms with Crippen molar-refractivity contribution in [1.82, 2.24) is 15.2 Å². The highest BCUT2D eigenvalue weighted by molar-refractivity contribution is 7.15. The lowest BCUT2D eigenvalue weighted by Crippen LogP contribution is -2.49. The Hall–Kier alpha value is -0.980. The zero-order chi connectivity index (χ0) is 11.4. The summed E-state index contributed by atoms with van der Waals surface area (Å²) in [6, 6.07) is 0.554. The van der Waals surface area contributed by atoms with Crippen molar-refractivity contribution in [3.8, 4) is 0 Å². The Kier molecular flexibility index (Phi) is 3.87. The van der Waals surface area contributed by atoms with Crippen LogP contribution in [0.1, 0.15) is 11.8 Å². The van der Waals surface area contributed by atoms with Crippen LogP contribution in [0.3, 0.4) is 0 Å². The predicted octanol–water partition coefficient (Wildman–Crippen LogP) is 0.505. The molecule has 1 atom stereocenters. The van der Waals surface area contributed by atoms with Gasteiger partial charge in [0.25, 0.3) is 0 Å². The second-order valence-electron chi connectivity index (χ2n) is 3.92. The summed E-state index contributed by atoms with van der Waals surface area (Å²) in [7, 11) is 0. The molecule has 2 heterocycles. The Balaban J connectivity index is 1.94. The number of carbonyl (C=O) groups excluding carboxylic acids is 1. The lowest BCUT2D eigenvalue weighted by atomic mass is 10.2. The van der Waals surface area contributed by atoms with Crippen molar-refractivity contribution < 1.29 is 4.79 Å². The summed E-state index contributed by atoms with van der Waals surface area (Å²) in [6.07, 6.45) is 2.50. The molecular formula is C10H16N4OS. The number of amides is 1. The van der Waals surface area contributed by atoms with E-state index < -0.39 is 0 Å². The number of thiazole rings is 1. The fourth-order valence-corrected chi connectivity index (χ4v) is 2.61. The topological polar surface area (TPSA) is 57.3 Å². The van der Waals surface area contributed by atoms with Gasteiger partial charge in [-0.3, -0.25) is 9.69 Å². The monoisotopic (exact) mass is 240 g/mol. The number of piperazine rings is 1. The normalized spacial score (nSPS) is 21.9. The second kappa shape index (κ2) is 5.38. The highest BCUT2D eigenvalue weighted by Gasteiger charge is 2.18. The molecule has 6 heteroatoms. The van der Waals surface area contributed by atoms with Crippen molar-refractivity contribution in [2.75, 3.05) is 25.0 Å². The summed E-state index contributed by atoms with van der Waals surface area (Å²) in [5.74, 6) is 0. The van der Waals surface area contributed by atoms with Gasteiger partial charge in [0.1, 0.15) is 0 Å². The van der Waals surface area contributed by atoms with Gasteiger partial charge in [0.15, 0.2) is 5.13 Å². The van der Waals surface area contributed by atoms with Gasteiger partial charge in [0.2, 0.25) is 6.41 Å². The molecule has 0 bridgehead atoms. The average Bonchev–Trinajstić information content (AvgIpc) is 2.70. The molecule has 1 fully saturated rings. The number of aromatic nitrogens is 1. The van der Waals surface area contributed by atoms with Crippen LogP contribution in [-0.2, 0) is 11.3 Å². The SMILES string of the molecule is CC1CNCCN1Cc1cnc(NC=O)s1. The second-order valence-corrected chi connectivity index (χ2v) is 5.03. The highest BCUT2D eigenvalue weighted by Crippen LogP contribution is 2.20. The van der Waals surface area contributed by atoms with Crippen molar-refractivity contribution in [2.45, 2.75) is 19.5 Å². The molecule has 5 nitrogen and oxygen atoms in total. The summed E-state index contributed by atoms with van der Waals surface area (Å²) >= 11 is 1.54. The van der Waals surface area contributed by atoms with E-state index in [9.17, 15) is 4.79 Å². The molecule has 1 amide bonds. The van der Waals surface area contributed by atoms with Crippen molar-refractivity contribution in [3.05, 3.63) is 11.1 Å². The lowest BCUT2D eigenvalue weighted by molar-refractivity contribution is -0.105. The van der Waals surface area contributed by atoms with E-state index >= 15 is 0 Å². The molecule has 0 aromatic carbocycles. The minimum Gasteiger partial charge on any atom is -0.314 e. The Morgan fingerprint density at radius 2 is 2.69 bits per heavy atom. The van der Waals surface area contributed by atoms with E-state index in [0.717, 1.165) is 26.2 Å². The fraction of sp³-hybridized carbons (Fsp3) is 0.600. The summed E-state index contributed by atoms with van der Waals surface area (Å²) in [5.41, 5.74) is 0. The van der Waals surface area contributed by atoms with Crippen molar-refractivity contribution in [1.29, 1.82) is 0 Å². The molecule has 0 saturated carbocycles. The maximum absolute atomic E-state index is 10.3. The van der Waals surface area contributed by atoms with E-state index in [2.05, 4.69) is 27.4 Å². The minimum absolute atomic E-state index is 0.554. The first-order valence-electron chi connectivity index (χ1n) is 5.39. The molecule has 1 saturated heterocycles. The van der Waals surface area contributed by atoms with Crippen LogP contribution in [0.2, 0.25) is 0 Å². The molecule has 1 aliphatic rings. The molecule has 88 valence electrons. The molecular weight excluding hydrogens is 224 g/mol. The molecule has 1 aromatic heterocycles. The van der Waals surface area contributed by atoms with E-state index in [1.165, 1.54) is 16.2 Å². The maximum Gasteiger partial charge on any atom is 0.213 e. The summed E-state index contributed by atoms with van der Waals surface area (Å²) < 4.78 is 0. The highest BCUT2D eigenvalue weighted by atomic mass is 32.1. The molecule has 1 aromatic rings. The number of hydrogen-bond acceptors (Lipinski definition) is 5. The third-order valence-corrected chi connectivity index (χ3v) is 3.65. The Morgan fingerprint density at radius 3 is 3.44 bits per heavy atom. The summed E-state index contributed by atoms with van der Waals surface area (Å²) in [5, 5.41) is 6.61. The Bertz CT molecular complexity index is 354.